The van der Waals surface area contributed by atoms with Crippen molar-refractivity contribution in [2.45, 2.75) is 82.1 Å². The molecule has 0 radical (unpaired) electrons. The van der Waals surface area contributed by atoms with E-state index in [1.54, 1.807) is 9.80 Å². The Morgan fingerprint density at radius 3 is 2.45 bits per heavy atom. The SMILES string of the molecule is CC(=O)C[C@@H]1N(Cc2ccccc2)C(=O)[C@@H]2N(C3CCCCC3)C(=O)[C@H]3CC(=O)O[C@]312. The first-order valence-corrected chi connectivity index (χ1v) is 11.3. The molecule has 4 atom stereocenters. The first-order chi connectivity index (χ1) is 14.9. The molecule has 0 unspecified atom stereocenters. The lowest BCUT2D eigenvalue weighted by Crippen LogP contribution is -2.54. The topological polar surface area (TPSA) is 84.0 Å². The van der Waals surface area contributed by atoms with Crippen LogP contribution in [0.1, 0.15) is 57.4 Å². The summed E-state index contributed by atoms with van der Waals surface area (Å²) in [5, 5.41) is 0. The molecule has 1 spiro atoms. The summed E-state index contributed by atoms with van der Waals surface area (Å²) in [4.78, 5) is 55.5. The van der Waals surface area contributed by atoms with Gasteiger partial charge in [0.15, 0.2) is 11.6 Å². The van der Waals surface area contributed by atoms with Crippen LogP contribution in [0.5, 0.6) is 0 Å². The number of likely N-dealkylation sites (tertiary alicyclic amines) is 2. The molecule has 3 saturated heterocycles. The largest absolute Gasteiger partial charge is 0.453 e. The molecule has 3 aliphatic heterocycles. The lowest BCUT2D eigenvalue weighted by Gasteiger charge is -2.36. The van der Waals surface area contributed by atoms with Crippen molar-refractivity contribution >= 4 is 23.6 Å². The molecular weight excluding hydrogens is 396 g/mol. The third kappa shape index (κ3) is 3.00. The van der Waals surface area contributed by atoms with E-state index in [1.165, 1.54) is 6.92 Å². The Balaban J connectivity index is 1.59. The molecule has 1 saturated carbocycles. The number of hydrogen-bond donors (Lipinski definition) is 0. The van der Waals surface area contributed by atoms with Gasteiger partial charge in [-0.2, -0.15) is 0 Å². The molecule has 5 rings (SSSR count). The van der Waals surface area contributed by atoms with Crippen LogP contribution in [-0.2, 0) is 30.5 Å². The zero-order valence-electron chi connectivity index (χ0n) is 17.8. The smallest absolute Gasteiger partial charge is 0.307 e. The second-order valence-electron chi connectivity index (χ2n) is 9.40. The standard InChI is InChI=1S/C24H28N2O5/c1-15(27)12-19-24-18(13-20(28)31-24)22(29)26(17-10-6-3-7-11-17)21(24)23(30)25(19)14-16-8-4-2-5-9-16/h2,4-5,8-9,17-19,21H,3,6-7,10-14H2,1H3/t18-,19+,21+,24-/m1/s1. The molecule has 4 aliphatic rings. The maximum atomic E-state index is 13.9. The second kappa shape index (κ2) is 7.46. The lowest BCUT2D eigenvalue weighted by molar-refractivity contribution is -0.155. The average Bonchev–Trinajstić information content (AvgIpc) is 3.29. The molecule has 4 fully saturated rings. The van der Waals surface area contributed by atoms with Gasteiger partial charge in [-0.3, -0.25) is 19.2 Å². The summed E-state index contributed by atoms with van der Waals surface area (Å²) in [7, 11) is 0. The van der Waals surface area contributed by atoms with E-state index < -0.39 is 29.6 Å². The number of Topliss-reactive ketones (excluding diaryl/α,β-unsaturated/α-hetero) is 1. The van der Waals surface area contributed by atoms with E-state index in [-0.39, 0.29) is 36.5 Å². The van der Waals surface area contributed by atoms with Crippen molar-refractivity contribution in [2.24, 2.45) is 5.92 Å². The molecule has 0 bridgehead atoms. The van der Waals surface area contributed by atoms with Crippen LogP contribution in [0.15, 0.2) is 30.3 Å². The fraction of sp³-hybridized carbons (Fsp3) is 0.583. The van der Waals surface area contributed by atoms with Crippen LogP contribution >= 0.6 is 0 Å². The Labute approximate surface area is 181 Å². The normalized spacial score (nSPS) is 32.9. The Bertz CT molecular complexity index is 925. The van der Waals surface area contributed by atoms with Crippen LogP contribution in [-0.4, -0.2) is 57.1 Å². The number of benzene rings is 1. The monoisotopic (exact) mass is 424 g/mol. The van der Waals surface area contributed by atoms with Gasteiger partial charge in [-0.25, -0.2) is 0 Å². The number of rotatable bonds is 5. The number of nitrogens with zero attached hydrogens (tertiary/aromatic N) is 2. The number of carbonyl (C=O) groups excluding carboxylic acids is 4. The first kappa shape index (κ1) is 20.2. The van der Waals surface area contributed by atoms with Gasteiger partial charge in [-0.15, -0.1) is 0 Å². The van der Waals surface area contributed by atoms with Crippen LogP contribution in [0, 0.1) is 5.92 Å². The predicted molar refractivity (Wildman–Crippen MR) is 111 cm³/mol. The van der Waals surface area contributed by atoms with Crippen LogP contribution < -0.4 is 0 Å². The van der Waals surface area contributed by atoms with E-state index in [4.69, 9.17) is 4.74 Å². The molecule has 0 aromatic heterocycles. The van der Waals surface area contributed by atoms with Crippen molar-refractivity contribution in [1.82, 2.24) is 9.80 Å². The summed E-state index contributed by atoms with van der Waals surface area (Å²) in [6.07, 6.45) is 4.97. The summed E-state index contributed by atoms with van der Waals surface area (Å²) >= 11 is 0. The summed E-state index contributed by atoms with van der Waals surface area (Å²) in [5.74, 6) is -1.58. The number of esters is 1. The lowest BCUT2D eigenvalue weighted by atomic mass is 9.79. The van der Waals surface area contributed by atoms with Crippen LogP contribution in [0.4, 0.5) is 0 Å². The maximum Gasteiger partial charge on any atom is 0.307 e. The molecule has 7 nitrogen and oxygen atoms in total. The van der Waals surface area contributed by atoms with E-state index in [2.05, 4.69) is 0 Å². The minimum absolute atomic E-state index is 0.00831. The highest BCUT2D eigenvalue weighted by molar-refractivity contribution is 6.02. The van der Waals surface area contributed by atoms with Crippen molar-refractivity contribution in [3.8, 4) is 0 Å². The van der Waals surface area contributed by atoms with Crippen molar-refractivity contribution in [3.05, 3.63) is 35.9 Å². The highest BCUT2D eigenvalue weighted by Crippen LogP contribution is 2.55. The number of hydrogen-bond acceptors (Lipinski definition) is 5. The van der Waals surface area contributed by atoms with Gasteiger partial charge in [-0.05, 0) is 25.3 Å². The zero-order chi connectivity index (χ0) is 21.8. The summed E-state index contributed by atoms with van der Waals surface area (Å²) in [5.41, 5.74) is -0.319. The van der Waals surface area contributed by atoms with Crippen LogP contribution in [0.25, 0.3) is 0 Å². The average molecular weight is 424 g/mol. The Morgan fingerprint density at radius 2 is 1.77 bits per heavy atom. The predicted octanol–water partition coefficient (Wildman–Crippen LogP) is 2.22. The molecule has 1 aromatic rings. The third-order valence-corrected chi connectivity index (χ3v) is 7.52. The fourth-order valence-electron chi connectivity index (χ4n) is 6.30. The summed E-state index contributed by atoms with van der Waals surface area (Å²) in [6, 6.07) is 8.14. The van der Waals surface area contributed by atoms with Crippen molar-refractivity contribution in [2.75, 3.05) is 0 Å². The van der Waals surface area contributed by atoms with Crippen molar-refractivity contribution < 1.29 is 23.9 Å². The number of carbonyl (C=O) groups is 4. The van der Waals surface area contributed by atoms with E-state index in [1.807, 2.05) is 30.3 Å². The van der Waals surface area contributed by atoms with Gasteiger partial charge >= 0.3 is 5.97 Å². The Hall–Kier alpha value is -2.70. The highest BCUT2D eigenvalue weighted by Gasteiger charge is 2.77. The van der Waals surface area contributed by atoms with Crippen molar-refractivity contribution in [3.63, 3.8) is 0 Å². The second-order valence-corrected chi connectivity index (χ2v) is 9.40. The van der Waals surface area contributed by atoms with Gasteiger partial charge in [0.25, 0.3) is 0 Å². The van der Waals surface area contributed by atoms with E-state index >= 15 is 0 Å². The van der Waals surface area contributed by atoms with Gasteiger partial charge in [0.2, 0.25) is 11.8 Å². The molecule has 0 N–H and O–H groups in total. The molecule has 1 aromatic carbocycles. The van der Waals surface area contributed by atoms with Crippen LogP contribution in [0.2, 0.25) is 0 Å². The summed E-state index contributed by atoms with van der Waals surface area (Å²) < 4.78 is 5.92. The zero-order valence-corrected chi connectivity index (χ0v) is 17.8. The van der Waals surface area contributed by atoms with E-state index in [9.17, 15) is 19.2 Å². The van der Waals surface area contributed by atoms with Gasteiger partial charge < -0.3 is 14.5 Å². The van der Waals surface area contributed by atoms with E-state index in [0.717, 1.165) is 37.7 Å². The van der Waals surface area contributed by atoms with Gasteiger partial charge in [0.05, 0.1) is 18.4 Å². The number of ether oxygens (including phenoxy) is 1. The molecular formula is C24H28N2O5. The number of ketones is 1. The third-order valence-electron chi connectivity index (χ3n) is 7.52. The molecule has 1 aliphatic carbocycles. The Kier molecular flexibility index (Phi) is 4.87. The molecule has 164 valence electrons. The van der Waals surface area contributed by atoms with Gasteiger partial charge in [-0.1, -0.05) is 49.6 Å². The summed E-state index contributed by atoms with van der Waals surface area (Å²) in [6.45, 7) is 1.81. The quantitative estimate of drug-likeness (QED) is 0.677. The minimum Gasteiger partial charge on any atom is -0.453 e. The van der Waals surface area contributed by atoms with Crippen LogP contribution in [0.3, 0.4) is 0 Å². The fourth-order valence-corrected chi connectivity index (χ4v) is 6.30. The maximum absolute atomic E-state index is 13.9. The van der Waals surface area contributed by atoms with Crippen molar-refractivity contribution in [1.29, 1.82) is 0 Å². The Morgan fingerprint density at radius 1 is 1.06 bits per heavy atom. The molecule has 2 amide bonds. The molecule has 31 heavy (non-hydrogen) atoms. The molecule has 3 heterocycles. The highest BCUT2D eigenvalue weighted by atomic mass is 16.6. The minimum atomic E-state index is -1.26. The number of amides is 2. The van der Waals surface area contributed by atoms with E-state index in [0.29, 0.717) is 6.54 Å². The van der Waals surface area contributed by atoms with Gasteiger partial charge in [0.1, 0.15) is 5.78 Å². The first-order valence-electron chi connectivity index (χ1n) is 11.3. The van der Waals surface area contributed by atoms with Gasteiger partial charge in [0, 0.05) is 19.0 Å². The molecule has 7 heteroatoms.